The van der Waals surface area contributed by atoms with Crippen molar-refractivity contribution in [2.45, 2.75) is 38.0 Å². The molecule has 0 aliphatic carbocycles. The molecule has 2 atom stereocenters. The summed E-state index contributed by atoms with van der Waals surface area (Å²) in [6.07, 6.45) is -1.39. The topological polar surface area (TPSA) is 105 Å². The quantitative estimate of drug-likeness (QED) is 0.278. The molecule has 2 aliphatic rings. The Morgan fingerprint density at radius 1 is 1.30 bits per heavy atom. The Morgan fingerprint density at radius 2 is 2.08 bits per heavy atom. The van der Waals surface area contributed by atoms with E-state index in [-0.39, 0.29) is 40.9 Å². The van der Waals surface area contributed by atoms with E-state index in [0.29, 0.717) is 29.3 Å². The number of carbonyl (C=O) groups is 1. The summed E-state index contributed by atoms with van der Waals surface area (Å²) >= 11 is 12.4. The molecule has 2 aromatic carbocycles. The monoisotopic (exact) mass is 595 g/mol. The molecular formula is C26H26Cl2F3N7O2. The number of likely N-dealkylation sites (N-methyl/N-ethyl adjacent to an activating group) is 1. The molecule has 1 unspecified atom stereocenters. The molecule has 1 fully saturated rings. The Hall–Kier alpha value is -3.53. The fraction of sp³-hybridized carbons (Fsp3) is 0.385. The van der Waals surface area contributed by atoms with E-state index in [0.717, 1.165) is 25.1 Å². The Labute approximate surface area is 239 Å². The smallest absolute Gasteiger partial charge is 0.416 e. The van der Waals surface area contributed by atoms with Crippen LogP contribution in [0.3, 0.4) is 0 Å². The maximum absolute atomic E-state index is 13.5. The van der Waals surface area contributed by atoms with Crippen molar-refractivity contribution < 1.29 is 22.7 Å². The van der Waals surface area contributed by atoms with Crippen molar-refractivity contribution in [3.05, 3.63) is 57.6 Å². The number of ether oxygens (including phenoxy) is 1. The van der Waals surface area contributed by atoms with E-state index in [1.165, 1.54) is 18.2 Å². The van der Waals surface area contributed by atoms with Gasteiger partial charge in [0.05, 0.1) is 47.1 Å². The molecule has 1 saturated heterocycles. The molecule has 0 bridgehead atoms. The largest absolute Gasteiger partial charge is 0.497 e. The first kappa shape index (κ1) is 29.5. The summed E-state index contributed by atoms with van der Waals surface area (Å²) in [7, 11) is 1.25. The highest BCUT2D eigenvalue weighted by molar-refractivity contribution is 6.42. The van der Waals surface area contributed by atoms with Crippen LogP contribution in [-0.2, 0) is 11.0 Å². The summed E-state index contributed by atoms with van der Waals surface area (Å²) in [5, 5.41) is 22.0. The third kappa shape index (κ3) is 6.43. The Bertz CT molecular complexity index is 1370. The number of alkyl halides is 3. The molecule has 0 aromatic heterocycles. The summed E-state index contributed by atoms with van der Waals surface area (Å²) < 4.78 is 45.5. The highest BCUT2D eigenvalue weighted by Crippen LogP contribution is 2.34. The van der Waals surface area contributed by atoms with Crippen LogP contribution in [-0.4, -0.2) is 66.3 Å². The molecule has 2 aliphatic heterocycles. The second-order valence-electron chi connectivity index (χ2n) is 9.09. The summed E-state index contributed by atoms with van der Waals surface area (Å²) in [5.74, 6) is -0.278. The van der Waals surface area contributed by atoms with Crippen molar-refractivity contribution in [1.82, 2.24) is 15.2 Å². The predicted octanol–water partition coefficient (Wildman–Crippen LogP) is 4.96. The summed E-state index contributed by atoms with van der Waals surface area (Å²) in [6, 6.07) is 7.09. The number of hydrogen-bond donors (Lipinski definition) is 2. The summed E-state index contributed by atoms with van der Waals surface area (Å²) in [5.41, 5.74) is 0.0798. The molecule has 4 rings (SSSR count). The lowest BCUT2D eigenvalue weighted by atomic mass is 10.0. The molecule has 212 valence electrons. The van der Waals surface area contributed by atoms with Gasteiger partial charge in [0.2, 0.25) is 18.1 Å². The minimum atomic E-state index is -4.63. The number of benzene rings is 2. The molecule has 0 radical (unpaired) electrons. The number of amides is 1. The van der Waals surface area contributed by atoms with E-state index < -0.39 is 17.8 Å². The van der Waals surface area contributed by atoms with E-state index in [2.05, 4.69) is 20.7 Å². The maximum atomic E-state index is 13.5. The third-order valence-electron chi connectivity index (χ3n) is 6.59. The van der Waals surface area contributed by atoms with E-state index in [1.54, 1.807) is 29.3 Å². The van der Waals surface area contributed by atoms with Crippen LogP contribution < -0.4 is 15.4 Å². The molecule has 0 saturated carbocycles. The average Bonchev–Trinajstić information content (AvgIpc) is 3.61. The summed E-state index contributed by atoms with van der Waals surface area (Å²) in [6.45, 7) is 3.02. The van der Waals surface area contributed by atoms with Gasteiger partial charge in [0, 0.05) is 23.9 Å². The normalized spacial score (nSPS) is 19.3. The number of carbonyl (C=O) groups excluding carboxylic acids is 1. The number of anilines is 1. The first-order valence-electron chi connectivity index (χ1n) is 12.4. The van der Waals surface area contributed by atoms with Crippen LogP contribution in [0, 0.1) is 11.5 Å². The Balaban J connectivity index is 1.73. The van der Waals surface area contributed by atoms with Gasteiger partial charge >= 0.3 is 6.18 Å². The van der Waals surface area contributed by atoms with E-state index in [9.17, 15) is 23.2 Å². The van der Waals surface area contributed by atoms with Crippen molar-refractivity contribution in [2.24, 2.45) is 10.1 Å². The van der Waals surface area contributed by atoms with E-state index in [4.69, 9.17) is 27.9 Å². The van der Waals surface area contributed by atoms with Gasteiger partial charge in [-0.05, 0) is 50.6 Å². The van der Waals surface area contributed by atoms with Gasteiger partial charge < -0.3 is 20.3 Å². The zero-order valence-electron chi connectivity index (χ0n) is 21.6. The van der Waals surface area contributed by atoms with E-state index >= 15 is 0 Å². The van der Waals surface area contributed by atoms with Crippen LogP contribution in [0.2, 0.25) is 10.0 Å². The van der Waals surface area contributed by atoms with Crippen LogP contribution >= 0.6 is 23.2 Å². The second kappa shape index (κ2) is 12.3. The van der Waals surface area contributed by atoms with Gasteiger partial charge in [-0.2, -0.15) is 23.5 Å². The van der Waals surface area contributed by atoms with Gasteiger partial charge in [0.15, 0.2) is 0 Å². The van der Waals surface area contributed by atoms with Gasteiger partial charge in [-0.25, -0.2) is 5.01 Å². The van der Waals surface area contributed by atoms with Crippen molar-refractivity contribution in [3.8, 4) is 11.9 Å². The van der Waals surface area contributed by atoms with Gasteiger partial charge in [-0.15, -0.1) is 4.99 Å². The van der Waals surface area contributed by atoms with Crippen LogP contribution in [0.25, 0.3) is 0 Å². The SMILES string of the molecule is CCN(C(=O)[C@H]1CCCN1)C1CN(/C(=N\C#N)Nc2cc(OC)cc(C(F)(F)F)c2)N=C1c1ccc(Cl)c(Cl)c1. The highest BCUT2D eigenvalue weighted by Gasteiger charge is 2.39. The van der Waals surface area contributed by atoms with Gasteiger partial charge in [-0.1, -0.05) is 29.3 Å². The first-order valence-corrected chi connectivity index (χ1v) is 13.2. The van der Waals surface area contributed by atoms with Gasteiger partial charge in [0.1, 0.15) is 5.75 Å². The number of rotatable bonds is 6. The lowest BCUT2D eigenvalue weighted by Gasteiger charge is -2.31. The number of halogens is 5. The first-order chi connectivity index (χ1) is 19.0. The second-order valence-corrected chi connectivity index (χ2v) is 9.91. The van der Waals surface area contributed by atoms with Crippen molar-refractivity contribution in [3.63, 3.8) is 0 Å². The Morgan fingerprint density at radius 3 is 2.67 bits per heavy atom. The molecule has 40 heavy (non-hydrogen) atoms. The van der Waals surface area contributed by atoms with Crippen LogP contribution in [0.4, 0.5) is 18.9 Å². The van der Waals surface area contributed by atoms with Gasteiger partial charge in [-0.3, -0.25) is 4.79 Å². The number of nitrogens with zero attached hydrogens (tertiary/aromatic N) is 5. The molecule has 9 nitrogen and oxygen atoms in total. The number of nitrogens with one attached hydrogen (secondary N) is 2. The number of aliphatic imine (C=N–C) groups is 1. The van der Waals surface area contributed by atoms with Crippen LogP contribution in [0.5, 0.6) is 5.75 Å². The summed E-state index contributed by atoms with van der Waals surface area (Å²) in [4.78, 5) is 19.0. The van der Waals surface area contributed by atoms with Crippen molar-refractivity contribution in [2.75, 3.05) is 32.1 Å². The molecule has 2 heterocycles. The zero-order valence-corrected chi connectivity index (χ0v) is 23.1. The van der Waals surface area contributed by atoms with Crippen molar-refractivity contribution >= 4 is 46.5 Å². The van der Waals surface area contributed by atoms with Gasteiger partial charge in [0.25, 0.3) is 0 Å². The molecule has 0 spiro atoms. The maximum Gasteiger partial charge on any atom is 0.416 e. The van der Waals surface area contributed by atoms with Crippen molar-refractivity contribution in [1.29, 1.82) is 5.26 Å². The lowest BCUT2D eigenvalue weighted by Crippen LogP contribution is -2.52. The Kier molecular flexibility index (Phi) is 9.08. The standard InChI is InChI=1S/C26H26Cl2F3N7O2/c1-3-37(24(39)21-5-4-8-33-21)22-13-38(36-23(22)15-6-7-19(27)20(28)9-15)25(34-14-32)35-17-10-16(26(29,30)31)11-18(12-17)40-2/h6-7,9-12,21-22,33H,3-5,8,13H2,1-2H3,(H,34,35)/t21-,22?/m1/s1. The molecule has 1 amide bonds. The average molecular weight is 596 g/mol. The minimum absolute atomic E-state index is 0.0195. The van der Waals surface area contributed by atoms with Crippen LogP contribution in [0.15, 0.2) is 46.5 Å². The fourth-order valence-electron chi connectivity index (χ4n) is 4.68. The predicted molar refractivity (Wildman–Crippen MR) is 147 cm³/mol. The molecule has 14 heteroatoms. The van der Waals surface area contributed by atoms with Crippen LogP contribution in [0.1, 0.15) is 30.9 Å². The fourth-order valence-corrected chi connectivity index (χ4v) is 4.98. The number of hydrazone groups is 1. The van der Waals surface area contributed by atoms with E-state index in [1.807, 2.05) is 6.92 Å². The third-order valence-corrected chi connectivity index (χ3v) is 7.33. The number of hydrogen-bond acceptors (Lipinski definition) is 6. The number of methoxy groups -OCH3 is 1. The molecule has 2 N–H and O–H groups in total. The highest BCUT2D eigenvalue weighted by atomic mass is 35.5. The number of nitriles is 1. The molecule has 2 aromatic rings. The zero-order chi connectivity index (χ0) is 29.0. The minimum Gasteiger partial charge on any atom is -0.497 e. The lowest BCUT2D eigenvalue weighted by molar-refractivity contribution is -0.137. The number of guanidine groups is 1. The molecular weight excluding hydrogens is 570 g/mol.